The van der Waals surface area contributed by atoms with Crippen LogP contribution in [-0.4, -0.2) is 42.9 Å². The minimum absolute atomic E-state index is 0.517. The van der Waals surface area contributed by atoms with Crippen LogP contribution in [0, 0.1) is 0 Å². The SMILES string of the molecule is ClCCN(CCCl)CCOc1ccc(Cl)cc1Cl. The fraction of sp³-hybridized carbons (Fsp3) is 0.500. The predicted octanol–water partition coefficient (Wildman–Crippen LogP) is 4.15. The molecule has 102 valence electrons. The molecule has 18 heavy (non-hydrogen) atoms. The third-order valence-corrected chi connectivity index (χ3v) is 3.23. The highest BCUT2D eigenvalue weighted by molar-refractivity contribution is 6.35. The van der Waals surface area contributed by atoms with Crippen LogP contribution in [0.2, 0.25) is 10.0 Å². The molecule has 0 atom stereocenters. The average molecular weight is 331 g/mol. The molecule has 0 spiro atoms. The number of alkyl halides is 2. The van der Waals surface area contributed by atoms with Gasteiger partial charge in [-0.15, -0.1) is 23.2 Å². The number of hydrogen-bond donors (Lipinski definition) is 0. The Kier molecular flexibility index (Phi) is 8.20. The highest BCUT2D eigenvalue weighted by atomic mass is 35.5. The molecule has 0 aliphatic rings. The predicted molar refractivity (Wildman–Crippen MR) is 79.8 cm³/mol. The van der Waals surface area contributed by atoms with E-state index >= 15 is 0 Å². The summed E-state index contributed by atoms with van der Waals surface area (Å²) in [5.74, 6) is 1.80. The minimum atomic E-state index is 0.517. The Balaban J connectivity index is 2.39. The van der Waals surface area contributed by atoms with Gasteiger partial charge in [0.05, 0.1) is 5.02 Å². The van der Waals surface area contributed by atoms with Crippen molar-refractivity contribution in [3.05, 3.63) is 28.2 Å². The summed E-state index contributed by atoms with van der Waals surface area (Å²) in [4.78, 5) is 2.14. The summed E-state index contributed by atoms with van der Waals surface area (Å²) < 4.78 is 5.60. The highest BCUT2D eigenvalue weighted by Gasteiger charge is 2.05. The lowest BCUT2D eigenvalue weighted by molar-refractivity contribution is 0.224. The van der Waals surface area contributed by atoms with Gasteiger partial charge in [-0.1, -0.05) is 23.2 Å². The average Bonchev–Trinajstić information content (AvgIpc) is 2.32. The van der Waals surface area contributed by atoms with E-state index in [1.165, 1.54) is 0 Å². The van der Waals surface area contributed by atoms with Gasteiger partial charge in [0.1, 0.15) is 12.4 Å². The van der Waals surface area contributed by atoms with Gasteiger partial charge in [0, 0.05) is 36.4 Å². The van der Waals surface area contributed by atoms with E-state index in [4.69, 9.17) is 51.1 Å². The van der Waals surface area contributed by atoms with Crippen LogP contribution in [0.5, 0.6) is 5.75 Å². The molecule has 0 fully saturated rings. The van der Waals surface area contributed by atoms with E-state index in [1.807, 2.05) is 0 Å². The Morgan fingerprint density at radius 3 is 2.22 bits per heavy atom. The van der Waals surface area contributed by atoms with Crippen molar-refractivity contribution in [3.63, 3.8) is 0 Å². The molecule has 0 heterocycles. The molecular weight excluding hydrogens is 316 g/mol. The Hall–Kier alpha value is 0.140. The van der Waals surface area contributed by atoms with Crippen molar-refractivity contribution >= 4 is 46.4 Å². The Morgan fingerprint density at radius 1 is 1.00 bits per heavy atom. The van der Waals surface area contributed by atoms with E-state index in [-0.39, 0.29) is 0 Å². The molecule has 6 heteroatoms. The third kappa shape index (κ3) is 5.85. The lowest BCUT2D eigenvalue weighted by atomic mass is 10.3. The molecule has 0 saturated carbocycles. The second kappa shape index (κ2) is 9.11. The summed E-state index contributed by atoms with van der Waals surface area (Å²) in [7, 11) is 0. The number of nitrogens with zero attached hydrogens (tertiary/aromatic N) is 1. The summed E-state index contributed by atoms with van der Waals surface area (Å²) in [5.41, 5.74) is 0. The van der Waals surface area contributed by atoms with Crippen molar-refractivity contribution in [3.8, 4) is 5.75 Å². The van der Waals surface area contributed by atoms with Crippen molar-refractivity contribution in [1.82, 2.24) is 4.90 Å². The number of hydrogen-bond acceptors (Lipinski definition) is 2. The van der Waals surface area contributed by atoms with Crippen molar-refractivity contribution < 1.29 is 4.74 Å². The van der Waals surface area contributed by atoms with Gasteiger partial charge in [0.2, 0.25) is 0 Å². The summed E-state index contributed by atoms with van der Waals surface area (Å²) in [6.07, 6.45) is 0. The molecule has 0 saturated heterocycles. The maximum atomic E-state index is 6.00. The molecule has 1 aromatic rings. The van der Waals surface area contributed by atoms with Crippen LogP contribution in [0.15, 0.2) is 18.2 Å². The molecular formula is C12H15Cl4NO. The molecule has 0 bridgehead atoms. The van der Waals surface area contributed by atoms with Crippen LogP contribution in [-0.2, 0) is 0 Å². The van der Waals surface area contributed by atoms with Crippen LogP contribution >= 0.6 is 46.4 Å². The fourth-order valence-corrected chi connectivity index (χ4v) is 2.39. The second-order valence-corrected chi connectivity index (χ2v) is 5.24. The number of ether oxygens (including phenoxy) is 1. The fourth-order valence-electron chi connectivity index (χ4n) is 1.45. The van der Waals surface area contributed by atoms with Crippen molar-refractivity contribution in [2.75, 3.05) is 38.0 Å². The zero-order valence-corrected chi connectivity index (χ0v) is 12.9. The first-order valence-electron chi connectivity index (χ1n) is 5.59. The third-order valence-electron chi connectivity index (χ3n) is 2.36. The lowest BCUT2D eigenvalue weighted by Crippen LogP contribution is -2.32. The quantitative estimate of drug-likeness (QED) is 0.664. The van der Waals surface area contributed by atoms with Crippen molar-refractivity contribution in [1.29, 1.82) is 0 Å². The first kappa shape index (κ1) is 16.2. The number of benzene rings is 1. The van der Waals surface area contributed by atoms with Crippen LogP contribution < -0.4 is 4.74 Å². The van der Waals surface area contributed by atoms with Gasteiger partial charge < -0.3 is 4.74 Å². The molecule has 1 aromatic carbocycles. The molecule has 0 amide bonds. The first-order valence-corrected chi connectivity index (χ1v) is 7.42. The topological polar surface area (TPSA) is 12.5 Å². The van der Waals surface area contributed by atoms with Crippen LogP contribution in [0.4, 0.5) is 0 Å². The van der Waals surface area contributed by atoms with Gasteiger partial charge in [-0.05, 0) is 18.2 Å². The summed E-state index contributed by atoms with van der Waals surface area (Å²) in [6, 6.07) is 5.17. The van der Waals surface area contributed by atoms with E-state index in [2.05, 4.69) is 4.90 Å². The second-order valence-electron chi connectivity index (χ2n) is 3.64. The smallest absolute Gasteiger partial charge is 0.138 e. The minimum Gasteiger partial charge on any atom is -0.491 e. The molecule has 0 aliphatic carbocycles. The zero-order chi connectivity index (χ0) is 13.4. The van der Waals surface area contributed by atoms with E-state index < -0.39 is 0 Å². The van der Waals surface area contributed by atoms with Gasteiger partial charge in [-0.25, -0.2) is 0 Å². The van der Waals surface area contributed by atoms with Gasteiger partial charge in [-0.2, -0.15) is 0 Å². The standard InChI is InChI=1S/C12H15Cl4NO/c13-3-5-17(6-4-14)7-8-18-12-2-1-10(15)9-11(12)16/h1-2,9H,3-8H2. The Bertz CT molecular complexity index is 356. The molecule has 0 aromatic heterocycles. The van der Waals surface area contributed by atoms with Crippen molar-refractivity contribution in [2.24, 2.45) is 0 Å². The van der Waals surface area contributed by atoms with Gasteiger partial charge in [0.25, 0.3) is 0 Å². The molecule has 1 rings (SSSR count). The van der Waals surface area contributed by atoms with Crippen LogP contribution in [0.1, 0.15) is 0 Å². The van der Waals surface area contributed by atoms with Gasteiger partial charge in [-0.3, -0.25) is 4.90 Å². The Labute approximate surface area is 128 Å². The van der Waals surface area contributed by atoms with E-state index in [0.29, 0.717) is 34.2 Å². The lowest BCUT2D eigenvalue weighted by Gasteiger charge is -2.20. The first-order chi connectivity index (χ1) is 8.67. The normalized spacial score (nSPS) is 10.9. The molecule has 0 radical (unpaired) electrons. The van der Waals surface area contributed by atoms with Crippen LogP contribution in [0.25, 0.3) is 0 Å². The number of rotatable bonds is 8. The molecule has 0 unspecified atom stereocenters. The van der Waals surface area contributed by atoms with Gasteiger partial charge >= 0.3 is 0 Å². The van der Waals surface area contributed by atoms with Crippen molar-refractivity contribution in [2.45, 2.75) is 0 Å². The molecule has 0 N–H and O–H groups in total. The summed E-state index contributed by atoms with van der Waals surface area (Å²) in [6.45, 7) is 2.89. The molecule has 2 nitrogen and oxygen atoms in total. The largest absolute Gasteiger partial charge is 0.491 e. The van der Waals surface area contributed by atoms with E-state index in [1.54, 1.807) is 18.2 Å². The maximum absolute atomic E-state index is 6.00. The number of halogens is 4. The summed E-state index contributed by atoms with van der Waals surface area (Å²) in [5, 5.41) is 1.11. The van der Waals surface area contributed by atoms with Gasteiger partial charge in [0.15, 0.2) is 0 Å². The highest BCUT2D eigenvalue weighted by Crippen LogP contribution is 2.27. The van der Waals surface area contributed by atoms with Crippen LogP contribution in [0.3, 0.4) is 0 Å². The summed E-state index contributed by atoms with van der Waals surface area (Å²) >= 11 is 23.2. The zero-order valence-electron chi connectivity index (χ0n) is 9.84. The van der Waals surface area contributed by atoms with E-state index in [0.717, 1.165) is 19.6 Å². The Morgan fingerprint density at radius 2 is 1.67 bits per heavy atom. The molecule has 0 aliphatic heterocycles. The van der Waals surface area contributed by atoms with E-state index in [9.17, 15) is 0 Å². The maximum Gasteiger partial charge on any atom is 0.138 e. The monoisotopic (exact) mass is 329 g/mol.